The molecule has 0 aromatic heterocycles. The summed E-state index contributed by atoms with van der Waals surface area (Å²) in [7, 11) is 0. The maximum Gasteiger partial charge on any atom is 0.237 e. The molecule has 0 aromatic rings. The van der Waals surface area contributed by atoms with Crippen LogP contribution in [0.4, 0.5) is 0 Å². The van der Waals surface area contributed by atoms with Gasteiger partial charge in [0.05, 0.1) is 6.04 Å². The highest BCUT2D eigenvalue weighted by Crippen LogP contribution is 2.40. The van der Waals surface area contributed by atoms with Gasteiger partial charge in [-0.15, -0.1) is 0 Å². The molecule has 2 N–H and O–H groups in total. The van der Waals surface area contributed by atoms with Crippen LogP contribution in [0.2, 0.25) is 0 Å². The number of hydrogen-bond donors (Lipinski definition) is 2. The van der Waals surface area contributed by atoms with Crippen molar-refractivity contribution in [2.75, 3.05) is 13.1 Å². The lowest BCUT2D eigenvalue weighted by Crippen LogP contribution is -2.46. The van der Waals surface area contributed by atoms with Crippen LogP contribution in [-0.2, 0) is 4.79 Å². The molecule has 0 aromatic carbocycles. The van der Waals surface area contributed by atoms with E-state index < -0.39 is 0 Å². The summed E-state index contributed by atoms with van der Waals surface area (Å²) < 4.78 is 0. The fourth-order valence-corrected chi connectivity index (χ4v) is 3.25. The molecular weight excluding hydrogens is 212 g/mol. The zero-order chi connectivity index (χ0) is 12.1. The average Bonchev–Trinajstić information content (AvgIpc) is 2.72. The van der Waals surface area contributed by atoms with Gasteiger partial charge < -0.3 is 10.6 Å². The molecule has 1 aliphatic carbocycles. The molecule has 1 amide bonds. The molecule has 1 unspecified atom stereocenters. The van der Waals surface area contributed by atoms with E-state index in [0.717, 1.165) is 32.4 Å². The monoisotopic (exact) mass is 238 g/mol. The number of amides is 1. The van der Waals surface area contributed by atoms with E-state index in [9.17, 15) is 4.79 Å². The van der Waals surface area contributed by atoms with Crippen LogP contribution in [-0.4, -0.2) is 25.0 Å². The van der Waals surface area contributed by atoms with Crippen molar-refractivity contribution in [2.24, 2.45) is 5.41 Å². The second-order valence-electron chi connectivity index (χ2n) is 5.78. The smallest absolute Gasteiger partial charge is 0.237 e. The maximum atomic E-state index is 11.8. The van der Waals surface area contributed by atoms with Crippen molar-refractivity contribution in [3.8, 4) is 0 Å². The minimum atomic E-state index is 0.0570. The second kappa shape index (κ2) is 5.85. The minimum Gasteiger partial charge on any atom is -0.355 e. The third kappa shape index (κ3) is 3.21. The zero-order valence-electron chi connectivity index (χ0n) is 11.1. The predicted molar refractivity (Wildman–Crippen MR) is 69.8 cm³/mol. The molecule has 98 valence electrons. The molecule has 1 atom stereocenters. The standard InChI is InChI=1S/C14H26N2O/c1-2-14(8-4-5-9-14)11-16-12-7-3-6-10-15-13(12)17/h12,16H,2-11H2,1H3,(H,15,17). The highest BCUT2D eigenvalue weighted by molar-refractivity contribution is 5.81. The second-order valence-corrected chi connectivity index (χ2v) is 5.78. The molecule has 2 rings (SSSR count). The Labute approximate surface area is 105 Å². The summed E-state index contributed by atoms with van der Waals surface area (Å²) in [6.07, 6.45) is 9.95. The van der Waals surface area contributed by atoms with E-state index in [1.54, 1.807) is 0 Å². The zero-order valence-corrected chi connectivity index (χ0v) is 11.1. The lowest BCUT2D eigenvalue weighted by molar-refractivity contribution is -0.123. The van der Waals surface area contributed by atoms with Crippen molar-refractivity contribution in [2.45, 2.75) is 64.3 Å². The SMILES string of the molecule is CCC1(CNC2CCCCNC2=O)CCCC1. The van der Waals surface area contributed by atoms with Gasteiger partial charge in [-0.05, 0) is 43.9 Å². The Hall–Kier alpha value is -0.570. The maximum absolute atomic E-state index is 11.8. The van der Waals surface area contributed by atoms with Crippen molar-refractivity contribution < 1.29 is 4.79 Å². The third-order valence-electron chi connectivity index (χ3n) is 4.67. The first-order chi connectivity index (χ1) is 8.26. The molecule has 17 heavy (non-hydrogen) atoms. The lowest BCUT2D eigenvalue weighted by atomic mass is 9.83. The van der Waals surface area contributed by atoms with Crippen LogP contribution < -0.4 is 10.6 Å². The van der Waals surface area contributed by atoms with Crippen LogP contribution in [0.1, 0.15) is 58.3 Å². The first kappa shape index (κ1) is 12.9. The Morgan fingerprint density at radius 2 is 2.06 bits per heavy atom. The lowest BCUT2D eigenvalue weighted by Gasteiger charge is -2.30. The van der Waals surface area contributed by atoms with Gasteiger partial charge in [-0.25, -0.2) is 0 Å². The van der Waals surface area contributed by atoms with Crippen molar-refractivity contribution in [3.05, 3.63) is 0 Å². The number of carbonyl (C=O) groups excluding carboxylic acids is 1. The molecule has 0 bridgehead atoms. The van der Waals surface area contributed by atoms with Gasteiger partial charge in [0.25, 0.3) is 0 Å². The Bertz CT molecular complexity index is 259. The highest BCUT2D eigenvalue weighted by Gasteiger charge is 2.33. The van der Waals surface area contributed by atoms with Crippen LogP contribution in [0.5, 0.6) is 0 Å². The summed E-state index contributed by atoms with van der Waals surface area (Å²) in [6, 6.07) is 0.0570. The normalized spacial score (nSPS) is 28.8. The molecule has 1 heterocycles. The number of rotatable bonds is 4. The summed E-state index contributed by atoms with van der Waals surface area (Å²) in [5.74, 6) is 0.215. The van der Waals surface area contributed by atoms with Gasteiger partial charge in [0.2, 0.25) is 5.91 Å². The first-order valence-electron chi connectivity index (χ1n) is 7.27. The molecule has 0 radical (unpaired) electrons. The first-order valence-corrected chi connectivity index (χ1v) is 7.27. The summed E-state index contributed by atoms with van der Waals surface area (Å²) in [5.41, 5.74) is 0.479. The molecule has 0 spiro atoms. The average molecular weight is 238 g/mol. The number of nitrogens with one attached hydrogen (secondary N) is 2. The summed E-state index contributed by atoms with van der Waals surface area (Å²) in [6.45, 7) is 4.18. The van der Waals surface area contributed by atoms with Crippen LogP contribution in [0.25, 0.3) is 0 Å². The quantitative estimate of drug-likeness (QED) is 0.788. The molecule has 1 saturated carbocycles. The van der Waals surface area contributed by atoms with Gasteiger partial charge in [0.1, 0.15) is 0 Å². The van der Waals surface area contributed by atoms with E-state index in [1.165, 1.54) is 32.1 Å². The van der Waals surface area contributed by atoms with Gasteiger partial charge in [-0.1, -0.05) is 19.8 Å². The van der Waals surface area contributed by atoms with Crippen molar-refractivity contribution >= 4 is 5.91 Å². The Morgan fingerprint density at radius 3 is 2.76 bits per heavy atom. The van der Waals surface area contributed by atoms with E-state index in [0.29, 0.717) is 5.41 Å². The molecule has 1 aliphatic heterocycles. The van der Waals surface area contributed by atoms with Gasteiger partial charge in [-0.3, -0.25) is 4.79 Å². The number of hydrogen-bond acceptors (Lipinski definition) is 2. The summed E-state index contributed by atoms with van der Waals surface area (Å²) in [5, 5.41) is 6.53. The highest BCUT2D eigenvalue weighted by atomic mass is 16.2. The van der Waals surface area contributed by atoms with Crippen LogP contribution in [0.15, 0.2) is 0 Å². The van der Waals surface area contributed by atoms with Gasteiger partial charge in [0, 0.05) is 13.1 Å². The van der Waals surface area contributed by atoms with Gasteiger partial charge in [-0.2, -0.15) is 0 Å². The van der Waals surface area contributed by atoms with Gasteiger partial charge >= 0.3 is 0 Å². The fourth-order valence-electron chi connectivity index (χ4n) is 3.25. The van der Waals surface area contributed by atoms with E-state index >= 15 is 0 Å². The fraction of sp³-hybridized carbons (Fsp3) is 0.929. The molecule has 3 nitrogen and oxygen atoms in total. The minimum absolute atomic E-state index is 0.0570. The van der Waals surface area contributed by atoms with Crippen molar-refractivity contribution in [3.63, 3.8) is 0 Å². The van der Waals surface area contributed by atoms with E-state index in [4.69, 9.17) is 0 Å². The molecule has 3 heteroatoms. The van der Waals surface area contributed by atoms with Crippen molar-refractivity contribution in [1.82, 2.24) is 10.6 Å². The largest absolute Gasteiger partial charge is 0.355 e. The molecule has 2 fully saturated rings. The Balaban J connectivity index is 1.85. The van der Waals surface area contributed by atoms with Gasteiger partial charge in [0.15, 0.2) is 0 Å². The molecular formula is C14H26N2O. The topological polar surface area (TPSA) is 41.1 Å². The summed E-state index contributed by atoms with van der Waals surface area (Å²) >= 11 is 0. The van der Waals surface area contributed by atoms with Crippen LogP contribution in [0, 0.1) is 5.41 Å². The summed E-state index contributed by atoms with van der Waals surface area (Å²) in [4.78, 5) is 11.8. The Kier molecular flexibility index (Phi) is 4.43. The van der Waals surface area contributed by atoms with E-state index in [2.05, 4.69) is 17.6 Å². The van der Waals surface area contributed by atoms with E-state index in [1.807, 2.05) is 0 Å². The molecule has 1 saturated heterocycles. The van der Waals surface area contributed by atoms with Crippen molar-refractivity contribution in [1.29, 1.82) is 0 Å². The molecule has 2 aliphatic rings. The predicted octanol–water partition coefficient (Wildman–Crippen LogP) is 2.22. The third-order valence-corrected chi connectivity index (χ3v) is 4.67. The van der Waals surface area contributed by atoms with E-state index in [-0.39, 0.29) is 11.9 Å². The number of carbonyl (C=O) groups is 1. The van der Waals surface area contributed by atoms with Crippen LogP contribution >= 0.6 is 0 Å². The van der Waals surface area contributed by atoms with Crippen LogP contribution in [0.3, 0.4) is 0 Å². The Morgan fingerprint density at radius 1 is 1.29 bits per heavy atom.